The standard InChI is InChI=1S/C17H15ClN2O2/c1-11-15(17(21)22)16(12-5-3-2-4-6-12)20(19-11)14-9-7-13(18)8-10-14/h2-10,15-16H,1H3,(H,21,22). The van der Waals surface area contributed by atoms with Gasteiger partial charge in [0.25, 0.3) is 0 Å². The number of hydrazone groups is 1. The average molecular weight is 315 g/mol. The van der Waals surface area contributed by atoms with Gasteiger partial charge < -0.3 is 5.11 Å². The fourth-order valence-corrected chi connectivity index (χ4v) is 2.90. The lowest BCUT2D eigenvalue weighted by Gasteiger charge is -2.26. The number of carbonyl (C=O) groups is 1. The van der Waals surface area contributed by atoms with Crippen LogP contribution in [0.25, 0.3) is 0 Å². The highest BCUT2D eigenvalue weighted by Gasteiger charge is 2.41. The van der Waals surface area contributed by atoms with Crippen LogP contribution in [0.5, 0.6) is 0 Å². The molecule has 2 atom stereocenters. The lowest BCUT2D eigenvalue weighted by atomic mass is 9.90. The second-order valence-electron chi connectivity index (χ2n) is 5.23. The Bertz CT molecular complexity index is 713. The van der Waals surface area contributed by atoms with E-state index in [1.54, 1.807) is 24.1 Å². The van der Waals surface area contributed by atoms with Crippen LogP contribution in [0.15, 0.2) is 59.7 Å². The molecule has 5 heteroatoms. The third kappa shape index (κ3) is 2.57. The van der Waals surface area contributed by atoms with Crippen molar-refractivity contribution >= 4 is 29.0 Å². The van der Waals surface area contributed by atoms with Crippen LogP contribution in [0.2, 0.25) is 5.02 Å². The zero-order chi connectivity index (χ0) is 15.7. The summed E-state index contributed by atoms with van der Waals surface area (Å²) in [6.45, 7) is 1.75. The van der Waals surface area contributed by atoms with Crippen molar-refractivity contribution in [2.45, 2.75) is 13.0 Å². The Labute approximate surface area is 133 Å². The molecule has 2 unspecified atom stereocenters. The van der Waals surface area contributed by atoms with E-state index in [1.165, 1.54) is 0 Å². The lowest BCUT2D eigenvalue weighted by molar-refractivity contribution is -0.139. The van der Waals surface area contributed by atoms with Gasteiger partial charge in [-0.15, -0.1) is 0 Å². The van der Waals surface area contributed by atoms with Crippen LogP contribution in [0.4, 0.5) is 5.69 Å². The van der Waals surface area contributed by atoms with Gasteiger partial charge in [0.05, 0.1) is 17.4 Å². The molecule has 0 aliphatic carbocycles. The van der Waals surface area contributed by atoms with Crippen LogP contribution in [0, 0.1) is 5.92 Å². The van der Waals surface area contributed by atoms with Crippen LogP contribution >= 0.6 is 11.6 Å². The van der Waals surface area contributed by atoms with Crippen molar-refractivity contribution in [3.8, 4) is 0 Å². The van der Waals surface area contributed by atoms with E-state index >= 15 is 0 Å². The molecular formula is C17H15ClN2O2. The number of rotatable bonds is 3. The van der Waals surface area contributed by atoms with E-state index in [-0.39, 0.29) is 6.04 Å². The maximum atomic E-state index is 11.7. The maximum absolute atomic E-state index is 11.7. The number of hydrogen-bond donors (Lipinski definition) is 1. The van der Waals surface area contributed by atoms with E-state index in [9.17, 15) is 9.90 Å². The third-order valence-corrected chi connectivity index (χ3v) is 4.05. The molecule has 2 aromatic rings. The smallest absolute Gasteiger partial charge is 0.314 e. The Kier molecular flexibility index (Phi) is 3.86. The van der Waals surface area contributed by atoms with Crippen molar-refractivity contribution in [1.82, 2.24) is 0 Å². The van der Waals surface area contributed by atoms with E-state index in [2.05, 4.69) is 5.10 Å². The molecule has 0 amide bonds. The Morgan fingerprint density at radius 1 is 1.14 bits per heavy atom. The Morgan fingerprint density at radius 2 is 1.77 bits per heavy atom. The number of anilines is 1. The molecule has 1 aliphatic rings. The van der Waals surface area contributed by atoms with Crippen molar-refractivity contribution < 1.29 is 9.90 Å². The van der Waals surface area contributed by atoms with Crippen LogP contribution in [-0.2, 0) is 4.79 Å². The zero-order valence-corrected chi connectivity index (χ0v) is 12.7. The van der Waals surface area contributed by atoms with Gasteiger partial charge in [-0.05, 0) is 36.8 Å². The molecule has 0 aromatic heterocycles. The fourth-order valence-electron chi connectivity index (χ4n) is 2.77. The van der Waals surface area contributed by atoms with Crippen molar-refractivity contribution in [1.29, 1.82) is 0 Å². The van der Waals surface area contributed by atoms with Crippen LogP contribution < -0.4 is 5.01 Å². The molecular weight excluding hydrogens is 300 g/mol. The maximum Gasteiger partial charge on any atom is 0.314 e. The predicted molar refractivity (Wildman–Crippen MR) is 87.3 cm³/mol. The molecule has 0 radical (unpaired) electrons. The second kappa shape index (κ2) is 5.81. The van der Waals surface area contributed by atoms with E-state index in [4.69, 9.17) is 11.6 Å². The van der Waals surface area contributed by atoms with Crippen LogP contribution in [0.1, 0.15) is 18.5 Å². The topological polar surface area (TPSA) is 52.9 Å². The number of carboxylic acids is 1. The highest BCUT2D eigenvalue weighted by atomic mass is 35.5. The van der Waals surface area contributed by atoms with E-state index in [0.717, 1.165) is 11.3 Å². The summed E-state index contributed by atoms with van der Waals surface area (Å²) in [6.07, 6.45) is 0. The van der Waals surface area contributed by atoms with E-state index in [0.29, 0.717) is 10.7 Å². The molecule has 0 fully saturated rings. The van der Waals surface area contributed by atoms with Gasteiger partial charge >= 0.3 is 5.97 Å². The molecule has 0 saturated carbocycles. The Balaban J connectivity index is 2.07. The lowest BCUT2D eigenvalue weighted by Crippen LogP contribution is -2.30. The fraction of sp³-hybridized carbons (Fsp3) is 0.176. The van der Waals surface area contributed by atoms with Crippen molar-refractivity contribution in [3.63, 3.8) is 0 Å². The quantitative estimate of drug-likeness (QED) is 0.932. The molecule has 0 bridgehead atoms. The summed E-state index contributed by atoms with van der Waals surface area (Å²) in [5, 5.41) is 16.5. The molecule has 22 heavy (non-hydrogen) atoms. The van der Waals surface area contributed by atoms with Gasteiger partial charge in [0.15, 0.2) is 0 Å². The molecule has 0 spiro atoms. The summed E-state index contributed by atoms with van der Waals surface area (Å²) < 4.78 is 0. The summed E-state index contributed by atoms with van der Waals surface area (Å²) >= 11 is 5.93. The Hall–Kier alpha value is -2.33. The summed E-state index contributed by atoms with van der Waals surface area (Å²) in [5.41, 5.74) is 2.34. The minimum atomic E-state index is -0.869. The number of nitrogens with zero attached hydrogens (tertiary/aromatic N) is 2. The highest BCUT2D eigenvalue weighted by Crippen LogP contribution is 2.39. The van der Waals surface area contributed by atoms with Crippen molar-refractivity contribution in [3.05, 3.63) is 65.2 Å². The predicted octanol–water partition coefficient (Wildman–Crippen LogP) is 3.98. The van der Waals surface area contributed by atoms with Gasteiger partial charge in [-0.3, -0.25) is 9.80 Å². The highest BCUT2D eigenvalue weighted by molar-refractivity contribution is 6.30. The van der Waals surface area contributed by atoms with Gasteiger partial charge in [0.1, 0.15) is 5.92 Å². The number of benzene rings is 2. The minimum absolute atomic E-state index is 0.361. The number of aliphatic carboxylic acids is 1. The van der Waals surface area contributed by atoms with E-state index < -0.39 is 11.9 Å². The first-order chi connectivity index (χ1) is 10.6. The molecule has 1 aliphatic heterocycles. The monoisotopic (exact) mass is 314 g/mol. The second-order valence-corrected chi connectivity index (χ2v) is 5.67. The largest absolute Gasteiger partial charge is 0.481 e. The summed E-state index contributed by atoms with van der Waals surface area (Å²) in [4.78, 5) is 11.7. The zero-order valence-electron chi connectivity index (χ0n) is 12.0. The van der Waals surface area contributed by atoms with Crippen LogP contribution in [0.3, 0.4) is 0 Å². The summed E-state index contributed by atoms with van der Waals surface area (Å²) in [7, 11) is 0. The molecule has 112 valence electrons. The Morgan fingerprint density at radius 3 is 2.36 bits per heavy atom. The number of carboxylic acid groups (broad SMARTS) is 1. The third-order valence-electron chi connectivity index (χ3n) is 3.79. The first kappa shape index (κ1) is 14.6. The average Bonchev–Trinajstić information content (AvgIpc) is 2.86. The SMILES string of the molecule is CC1=NN(c2ccc(Cl)cc2)C(c2ccccc2)C1C(=O)O. The van der Waals surface area contributed by atoms with Gasteiger partial charge in [0, 0.05) is 5.02 Å². The van der Waals surface area contributed by atoms with Crippen LogP contribution in [-0.4, -0.2) is 16.8 Å². The van der Waals surface area contributed by atoms with Crippen molar-refractivity contribution in [2.24, 2.45) is 11.0 Å². The van der Waals surface area contributed by atoms with Gasteiger partial charge in [0.2, 0.25) is 0 Å². The van der Waals surface area contributed by atoms with E-state index in [1.807, 2.05) is 42.5 Å². The summed E-state index contributed by atoms with van der Waals surface area (Å²) in [6, 6.07) is 16.5. The molecule has 1 heterocycles. The molecule has 4 nitrogen and oxygen atoms in total. The molecule has 3 rings (SSSR count). The molecule has 2 aromatic carbocycles. The van der Waals surface area contributed by atoms with Gasteiger partial charge in [-0.1, -0.05) is 41.9 Å². The first-order valence-corrected chi connectivity index (χ1v) is 7.33. The number of halogens is 1. The van der Waals surface area contributed by atoms with Crippen molar-refractivity contribution in [2.75, 3.05) is 5.01 Å². The van der Waals surface area contributed by atoms with Gasteiger partial charge in [-0.25, -0.2) is 0 Å². The molecule has 1 N–H and O–H groups in total. The normalized spacial score (nSPS) is 20.8. The summed E-state index contributed by atoms with van der Waals surface area (Å²) in [5.74, 6) is -1.54. The minimum Gasteiger partial charge on any atom is -0.481 e. The first-order valence-electron chi connectivity index (χ1n) is 6.95. The molecule has 0 saturated heterocycles. The van der Waals surface area contributed by atoms with Gasteiger partial charge in [-0.2, -0.15) is 5.10 Å². The number of hydrogen-bond acceptors (Lipinski definition) is 3.